The van der Waals surface area contributed by atoms with Gasteiger partial charge in [0.05, 0.1) is 11.7 Å². The van der Waals surface area contributed by atoms with E-state index in [-0.39, 0.29) is 6.42 Å². The normalized spacial score (nSPS) is 14.0. The Morgan fingerprint density at radius 2 is 1.93 bits per heavy atom. The number of aliphatic hydroxyl groups excluding tert-OH is 1. The van der Waals surface area contributed by atoms with Gasteiger partial charge in [-0.25, -0.2) is 0 Å². The SMILES string of the molecule is C[C@H](O)Cc1cc(Br)cc(C(F)(F)F)c1. The highest BCUT2D eigenvalue weighted by molar-refractivity contribution is 9.10. The van der Waals surface area contributed by atoms with Crippen LogP contribution in [-0.2, 0) is 12.6 Å². The predicted octanol–water partition coefficient (Wildman–Crippen LogP) is 3.39. The molecule has 5 heteroatoms. The summed E-state index contributed by atoms with van der Waals surface area (Å²) >= 11 is 3.01. The average molecular weight is 283 g/mol. The molecule has 0 aliphatic carbocycles. The van der Waals surface area contributed by atoms with Gasteiger partial charge in [-0.2, -0.15) is 13.2 Å². The van der Waals surface area contributed by atoms with Crippen LogP contribution < -0.4 is 0 Å². The number of rotatable bonds is 2. The van der Waals surface area contributed by atoms with Crippen LogP contribution in [0.15, 0.2) is 22.7 Å². The molecule has 0 aromatic heterocycles. The molecule has 1 aromatic carbocycles. The van der Waals surface area contributed by atoms with Gasteiger partial charge in [0.2, 0.25) is 0 Å². The number of hydrogen-bond donors (Lipinski definition) is 1. The van der Waals surface area contributed by atoms with E-state index in [9.17, 15) is 13.2 Å². The van der Waals surface area contributed by atoms with Gasteiger partial charge < -0.3 is 5.11 Å². The fraction of sp³-hybridized carbons (Fsp3) is 0.400. The molecule has 15 heavy (non-hydrogen) atoms. The van der Waals surface area contributed by atoms with E-state index >= 15 is 0 Å². The van der Waals surface area contributed by atoms with Crippen molar-refractivity contribution in [1.29, 1.82) is 0 Å². The summed E-state index contributed by atoms with van der Waals surface area (Å²) in [5.74, 6) is 0. The van der Waals surface area contributed by atoms with E-state index in [1.807, 2.05) is 0 Å². The van der Waals surface area contributed by atoms with Crippen LogP contribution in [0, 0.1) is 0 Å². The first-order chi connectivity index (χ1) is 6.79. The monoisotopic (exact) mass is 282 g/mol. The summed E-state index contributed by atoms with van der Waals surface area (Å²) in [5.41, 5.74) is -0.237. The number of hydrogen-bond acceptors (Lipinski definition) is 1. The number of aliphatic hydroxyl groups is 1. The van der Waals surface area contributed by atoms with Gasteiger partial charge in [-0.05, 0) is 37.1 Å². The quantitative estimate of drug-likeness (QED) is 0.882. The number of alkyl halides is 3. The van der Waals surface area contributed by atoms with Crippen molar-refractivity contribution < 1.29 is 18.3 Å². The van der Waals surface area contributed by atoms with E-state index in [0.717, 1.165) is 12.1 Å². The van der Waals surface area contributed by atoms with E-state index in [1.54, 1.807) is 6.07 Å². The minimum atomic E-state index is -4.35. The summed E-state index contributed by atoms with van der Waals surface area (Å²) in [7, 11) is 0. The summed E-state index contributed by atoms with van der Waals surface area (Å²) in [6, 6.07) is 3.64. The molecule has 1 nitrogen and oxygen atoms in total. The molecule has 0 amide bonds. The first kappa shape index (κ1) is 12.5. The van der Waals surface area contributed by atoms with E-state index in [4.69, 9.17) is 5.11 Å². The molecule has 1 N–H and O–H groups in total. The van der Waals surface area contributed by atoms with E-state index in [0.29, 0.717) is 10.0 Å². The zero-order valence-electron chi connectivity index (χ0n) is 7.98. The second-order valence-electron chi connectivity index (χ2n) is 3.40. The Morgan fingerprint density at radius 1 is 1.33 bits per heavy atom. The number of halogens is 4. The Morgan fingerprint density at radius 3 is 2.40 bits per heavy atom. The molecule has 0 heterocycles. The van der Waals surface area contributed by atoms with Crippen molar-refractivity contribution in [3.8, 4) is 0 Å². The van der Waals surface area contributed by atoms with Gasteiger partial charge in [0, 0.05) is 4.47 Å². The molecule has 0 bridgehead atoms. The second kappa shape index (κ2) is 4.53. The van der Waals surface area contributed by atoms with Gasteiger partial charge in [-0.15, -0.1) is 0 Å². The van der Waals surface area contributed by atoms with Crippen molar-refractivity contribution in [2.45, 2.75) is 25.6 Å². The van der Waals surface area contributed by atoms with Crippen molar-refractivity contribution in [1.82, 2.24) is 0 Å². The molecule has 0 fully saturated rings. The van der Waals surface area contributed by atoms with Crippen molar-refractivity contribution in [2.75, 3.05) is 0 Å². The summed E-state index contributed by atoms with van der Waals surface area (Å²) in [4.78, 5) is 0. The highest BCUT2D eigenvalue weighted by Gasteiger charge is 2.31. The van der Waals surface area contributed by atoms with Crippen LogP contribution in [0.3, 0.4) is 0 Å². The third kappa shape index (κ3) is 3.83. The molecule has 1 atom stereocenters. The second-order valence-corrected chi connectivity index (χ2v) is 4.31. The van der Waals surface area contributed by atoms with Crippen LogP contribution in [0.25, 0.3) is 0 Å². The predicted molar refractivity (Wildman–Crippen MR) is 54.5 cm³/mol. The molecule has 1 rings (SSSR count). The Labute approximate surface area is 94.0 Å². The molecular weight excluding hydrogens is 273 g/mol. The van der Waals surface area contributed by atoms with Gasteiger partial charge >= 0.3 is 6.18 Å². The lowest BCUT2D eigenvalue weighted by Crippen LogP contribution is -2.08. The molecule has 0 unspecified atom stereocenters. The van der Waals surface area contributed by atoms with Gasteiger partial charge in [0.1, 0.15) is 0 Å². The van der Waals surface area contributed by atoms with Crippen LogP contribution >= 0.6 is 15.9 Å². The van der Waals surface area contributed by atoms with Gasteiger partial charge in [-0.1, -0.05) is 15.9 Å². The fourth-order valence-corrected chi connectivity index (χ4v) is 1.81. The zero-order chi connectivity index (χ0) is 11.6. The maximum absolute atomic E-state index is 12.4. The molecule has 1 aromatic rings. The lowest BCUT2D eigenvalue weighted by Gasteiger charge is -2.11. The minimum Gasteiger partial charge on any atom is -0.393 e. The van der Waals surface area contributed by atoms with E-state index in [2.05, 4.69) is 15.9 Å². The molecule has 0 aliphatic rings. The van der Waals surface area contributed by atoms with Crippen LogP contribution in [0.4, 0.5) is 13.2 Å². The van der Waals surface area contributed by atoms with Crippen molar-refractivity contribution in [3.63, 3.8) is 0 Å². The Bertz CT molecular complexity index is 347. The lowest BCUT2D eigenvalue weighted by atomic mass is 10.1. The fourth-order valence-electron chi connectivity index (χ4n) is 1.27. The third-order valence-corrected chi connectivity index (χ3v) is 2.27. The largest absolute Gasteiger partial charge is 0.416 e. The van der Waals surface area contributed by atoms with E-state index in [1.165, 1.54) is 6.92 Å². The number of benzene rings is 1. The summed E-state index contributed by atoms with van der Waals surface area (Å²) in [6.45, 7) is 1.54. The molecule has 0 spiro atoms. The van der Waals surface area contributed by atoms with Crippen LogP contribution in [0.2, 0.25) is 0 Å². The molecule has 0 aliphatic heterocycles. The third-order valence-electron chi connectivity index (χ3n) is 1.82. The maximum Gasteiger partial charge on any atom is 0.416 e. The van der Waals surface area contributed by atoms with Gasteiger partial charge in [-0.3, -0.25) is 0 Å². The topological polar surface area (TPSA) is 20.2 Å². The standard InChI is InChI=1S/C10H10BrF3O/c1-6(15)2-7-3-8(10(12,13)14)5-9(11)4-7/h3-6,15H,2H2,1H3/t6-/m0/s1. The van der Waals surface area contributed by atoms with Crippen LogP contribution in [-0.4, -0.2) is 11.2 Å². The smallest absolute Gasteiger partial charge is 0.393 e. The summed E-state index contributed by atoms with van der Waals surface area (Å²) in [6.07, 6.45) is -4.79. The Hall–Kier alpha value is -0.550. The van der Waals surface area contributed by atoms with Gasteiger partial charge in [0.25, 0.3) is 0 Å². The Balaban J connectivity index is 3.06. The maximum atomic E-state index is 12.4. The van der Waals surface area contributed by atoms with Gasteiger partial charge in [0.15, 0.2) is 0 Å². The zero-order valence-corrected chi connectivity index (χ0v) is 9.56. The molecular formula is C10H10BrF3O. The van der Waals surface area contributed by atoms with Crippen molar-refractivity contribution >= 4 is 15.9 Å². The highest BCUT2D eigenvalue weighted by Crippen LogP contribution is 2.32. The van der Waals surface area contributed by atoms with Crippen molar-refractivity contribution in [3.05, 3.63) is 33.8 Å². The average Bonchev–Trinajstić information content (AvgIpc) is 1.99. The van der Waals surface area contributed by atoms with Crippen LogP contribution in [0.5, 0.6) is 0 Å². The summed E-state index contributed by atoms with van der Waals surface area (Å²) < 4.78 is 37.6. The first-order valence-corrected chi connectivity index (χ1v) is 5.13. The molecule has 0 radical (unpaired) electrons. The highest BCUT2D eigenvalue weighted by atomic mass is 79.9. The van der Waals surface area contributed by atoms with E-state index < -0.39 is 17.8 Å². The minimum absolute atomic E-state index is 0.211. The lowest BCUT2D eigenvalue weighted by molar-refractivity contribution is -0.137. The van der Waals surface area contributed by atoms with Crippen LogP contribution in [0.1, 0.15) is 18.1 Å². The molecule has 84 valence electrons. The molecule has 0 saturated heterocycles. The van der Waals surface area contributed by atoms with Crippen molar-refractivity contribution in [2.24, 2.45) is 0 Å². The Kier molecular flexibility index (Phi) is 3.78. The molecule has 0 saturated carbocycles. The first-order valence-electron chi connectivity index (χ1n) is 4.34. The summed E-state index contributed by atoms with van der Waals surface area (Å²) in [5, 5.41) is 9.09.